The molecule has 188 valence electrons. The largest absolute Gasteiger partial charge is 0.503 e. The zero-order valence-electron chi connectivity index (χ0n) is 20.8. The van der Waals surface area contributed by atoms with Crippen LogP contribution < -0.4 is 9.47 Å². The Balaban J connectivity index is 1.83. The summed E-state index contributed by atoms with van der Waals surface area (Å²) in [6.45, 7) is 8.57. The second-order valence-corrected chi connectivity index (χ2v) is 9.63. The molecule has 1 N–H and O–H groups in total. The standard InChI is InChI=1S/C27H29N3O5S/c1-5-12-35-20-10-9-19(13-21(20)34-6-2)23-22(24(31)26-16(3)29-17(4)36-26)25(32)27(33)30(23)15-18-8-7-11-28-14-18/h7-11,13-14,23,32H,5-6,12,15H2,1-4H3. The normalized spacial score (nSPS) is 15.5. The van der Waals surface area contributed by atoms with Gasteiger partial charge in [-0.15, -0.1) is 11.3 Å². The van der Waals surface area contributed by atoms with Crippen molar-refractivity contribution < 1.29 is 24.2 Å². The number of aryl methyl sites for hydroxylation is 2. The highest BCUT2D eigenvalue weighted by Gasteiger charge is 2.44. The second-order valence-electron chi connectivity index (χ2n) is 8.42. The van der Waals surface area contributed by atoms with E-state index in [1.807, 2.05) is 26.8 Å². The van der Waals surface area contributed by atoms with Crippen LogP contribution >= 0.6 is 11.3 Å². The zero-order chi connectivity index (χ0) is 25.8. The number of rotatable bonds is 10. The summed E-state index contributed by atoms with van der Waals surface area (Å²) in [6.07, 6.45) is 4.15. The van der Waals surface area contributed by atoms with Crippen LogP contribution in [0.15, 0.2) is 54.1 Å². The van der Waals surface area contributed by atoms with E-state index in [1.54, 1.807) is 43.6 Å². The Morgan fingerprint density at radius 2 is 1.97 bits per heavy atom. The van der Waals surface area contributed by atoms with Crippen molar-refractivity contribution in [2.45, 2.75) is 46.7 Å². The van der Waals surface area contributed by atoms with Gasteiger partial charge in [0.25, 0.3) is 5.91 Å². The quantitative estimate of drug-likeness (QED) is 0.380. The number of aliphatic hydroxyl groups excluding tert-OH is 1. The average molecular weight is 508 g/mol. The molecule has 1 aliphatic rings. The lowest BCUT2D eigenvalue weighted by Crippen LogP contribution is -2.30. The monoisotopic (exact) mass is 507 g/mol. The first-order valence-electron chi connectivity index (χ1n) is 11.9. The molecule has 1 aromatic carbocycles. The Kier molecular flexibility index (Phi) is 7.69. The van der Waals surface area contributed by atoms with Gasteiger partial charge in [-0.05, 0) is 56.5 Å². The van der Waals surface area contributed by atoms with E-state index in [-0.39, 0.29) is 12.1 Å². The Morgan fingerprint density at radius 1 is 1.17 bits per heavy atom. The first-order valence-corrected chi connectivity index (χ1v) is 12.7. The van der Waals surface area contributed by atoms with Gasteiger partial charge in [-0.1, -0.05) is 19.1 Å². The molecular weight excluding hydrogens is 478 g/mol. The van der Waals surface area contributed by atoms with Crippen molar-refractivity contribution >= 4 is 23.0 Å². The van der Waals surface area contributed by atoms with Crippen molar-refractivity contribution in [1.29, 1.82) is 0 Å². The molecule has 3 heterocycles. The van der Waals surface area contributed by atoms with Crippen LogP contribution in [0.1, 0.15) is 57.8 Å². The van der Waals surface area contributed by atoms with E-state index in [2.05, 4.69) is 9.97 Å². The van der Waals surface area contributed by atoms with Crippen molar-refractivity contribution in [2.24, 2.45) is 0 Å². The van der Waals surface area contributed by atoms with E-state index >= 15 is 0 Å². The maximum Gasteiger partial charge on any atom is 0.290 e. The first kappa shape index (κ1) is 25.4. The minimum Gasteiger partial charge on any atom is -0.503 e. The van der Waals surface area contributed by atoms with E-state index in [0.29, 0.717) is 40.8 Å². The summed E-state index contributed by atoms with van der Waals surface area (Å²) < 4.78 is 11.7. The maximum atomic E-state index is 13.7. The molecule has 0 spiro atoms. The minimum atomic E-state index is -0.827. The fourth-order valence-corrected chi connectivity index (χ4v) is 5.12. The van der Waals surface area contributed by atoms with Crippen LogP contribution in [0.4, 0.5) is 0 Å². The van der Waals surface area contributed by atoms with E-state index in [9.17, 15) is 14.7 Å². The predicted molar refractivity (Wildman–Crippen MR) is 136 cm³/mol. The average Bonchev–Trinajstić information content (AvgIpc) is 3.34. The maximum absolute atomic E-state index is 13.7. The lowest BCUT2D eigenvalue weighted by atomic mass is 9.94. The predicted octanol–water partition coefficient (Wildman–Crippen LogP) is 5.12. The second kappa shape index (κ2) is 10.9. The van der Waals surface area contributed by atoms with Gasteiger partial charge < -0.3 is 19.5 Å². The number of aromatic nitrogens is 2. The number of amides is 1. The summed E-state index contributed by atoms with van der Waals surface area (Å²) in [6, 6.07) is 8.16. The number of nitrogens with zero attached hydrogens (tertiary/aromatic N) is 3. The van der Waals surface area contributed by atoms with Gasteiger partial charge in [0, 0.05) is 18.9 Å². The number of Topliss-reactive ketones (excluding diaryl/α,β-unsaturated/α-hetero) is 1. The molecule has 9 heteroatoms. The fraction of sp³-hybridized carbons (Fsp3) is 0.333. The molecule has 1 aliphatic heterocycles. The van der Waals surface area contributed by atoms with E-state index in [0.717, 1.165) is 17.0 Å². The van der Waals surface area contributed by atoms with Gasteiger partial charge in [0.15, 0.2) is 17.3 Å². The molecule has 0 saturated carbocycles. The van der Waals surface area contributed by atoms with Crippen LogP contribution in [0.3, 0.4) is 0 Å². The van der Waals surface area contributed by atoms with Gasteiger partial charge in [-0.3, -0.25) is 14.6 Å². The van der Waals surface area contributed by atoms with Crippen LogP contribution in [0.2, 0.25) is 0 Å². The van der Waals surface area contributed by atoms with Crippen LogP contribution in [-0.2, 0) is 11.3 Å². The highest BCUT2D eigenvalue weighted by Crippen LogP contribution is 2.43. The molecule has 8 nitrogen and oxygen atoms in total. The summed E-state index contributed by atoms with van der Waals surface area (Å²) >= 11 is 1.25. The first-order chi connectivity index (χ1) is 17.3. The van der Waals surface area contributed by atoms with Gasteiger partial charge in [-0.25, -0.2) is 4.98 Å². The van der Waals surface area contributed by atoms with Crippen molar-refractivity contribution in [1.82, 2.24) is 14.9 Å². The van der Waals surface area contributed by atoms with Crippen LogP contribution in [-0.4, -0.2) is 44.9 Å². The summed E-state index contributed by atoms with van der Waals surface area (Å²) in [7, 11) is 0. The number of carbonyl (C=O) groups excluding carboxylic acids is 2. The number of thiazole rings is 1. The van der Waals surface area contributed by atoms with Crippen molar-refractivity contribution in [3.8, 4) is 11.5 Å². The number of hydrogen-bond acceptors (Lipinski definition) is 8. The molecule has 2 aromatic heterocycles. The number of aliphatic hydroxyl groups is 1. The van der Waals surface area contributed by atoms with Gasteiger partial charge in [0.1, 0.15) is 0 Å². The smallest absolute Gasteiger partial charge is 0.290 e. The van der Waals surface area contributed by atoms with E-state index < -0.39 is 23.5 Å². The SMILES string of the molecule is CCCOc1ccc(C2C(C(=O)c3sc(C)nc3C)=C(O)C(=O)N2Cc2cccnc2)cc1OCC. The third kappa shape index (κ3) is 4.97. The van der Waals surface area contributed by atoms with E-state index in [1.165, 1.54) is 16.2 Å². The van der Waals surface area contributed by atoms with Crippen molar-refractivity contribution in [3.05, 3.63) is 80.8 Å². The summed E-state index contributed by atoms with van der Waals surface area (Å²) in [5, 5.41) is 11.7. The van der Waals surface area contributed by atoms with Gasteiger partial charge in [-0.2, -0.15) is 0 Å². The Hall–Kier alpha value is -3.72. The lowest BCUT2D eigenvalue weighted by Gasteiger charge is -2.27. The Morgan fingerprint density at radius 3 is 2.61 bits per heavy atom. The topological polar surface area (TPSA) is 102 Å². The lowest BCUT2D eigenvalue weighted by molar-refractivity contribution is -0.130. The molecule has 0 bridgehead atoms. The molecule has 36 heavy (non-hydrogen) atoms. The number of pyridine rings is 1. The minimum absolute atomic E-state index is 0.0281. The highest BCUT2D eigenvalue weighted by atomic mass is 32.1. The third-order valence-electron chi connectivity index (χ3n) is 5.78. The zero-order valence-corrected chi connectivity index (χ0v) is 21.6. The number of carbonyl (C=O) groups is 2. The molecule has 1 unspecified atom stereocenters. The third-order valence-corrected chi connectivity index (χ3v) is 6.85. The number of hydrogen-bond donors (Lipinski definition) is 1. The van der Waals surface area contributed by atoms with Crippen molar-refractivity contribution in [3.63, 3.8) is 0 Å². The summed E-state index contributed by atoms with van der Waals surface area (Å²) in [4.78, 5) is 37.5. The summed E-state index contributed by atoms with van der Waals surface area (Å²) in [5.41, 5.74) is 2.00. The molecule has 0 saturated heterocycles. The highest BCUT2D eigenvalue weighted by molar-refractivity contribution is 7.14. The molecule has 0 radical (unpaired) electrons. The number of benzene rings is 1. The van der Waals surface area contributed by atoms with E-state index in [4.69, 9.17) is 9.47 Å². The molecule has 3 aromatic rings. The summed E-state index contributed by atoms with van der Waals surface area (Å²) in [5.74, 6) is -0.480. The number of ether oxygens (including phenoxy) is 2. The molecule has 1 atom stereocenters. The Labute approximate surface area is 214 Å². The number of ketones is 1. The van der Waals surface area contributed by atoms with Crippen LogP contribution in [0.25, 0.3) is 0 Å². The van der Waals surface area contributed by atoms with Crippen LogP contribution in [0, 0.1) is 13.8 Å². The molecule has 0 aliphatic carbocycles. The van der Waals surface area contributed by atoms with Crippen LogP contribution in [0.5, 0.6) is 11.5 Å². The van der Waals surface area contributed by atoms with Gasteiger partial charge in [0.05, 0.1) is 40.4 Å². The Bertz CT molecular complexity index is 1300. The van der Waals surface area contributed by atoms with Gasteiger partial charge >= 0.3 is 0 Å². The molecule has 0 fully saturated rings. The fourth-order valence-electron chi connectivity index (χ4n) is 4.24. The molecule has 4 rings (SSSR count). The molecule has 1 amide bonds. The van der Waals surface area contributed by atoms with Gasteiger partial charge in [0.2, 0.25) is 5.78 Å². The molecular formula is C27H29N3O5S. The van der Waals surface area contributed by atoms with Crippen molar-refractivity contribution in [2.75, 3.05) is 13.2 Å².